The molecule has 0 saturated carbocycles. The molecule has 1 aliphatic heterocycles. The molecular weight excluding hydrogens is 306 g/mol. The molecule has 128 valence electrons. The van der Waals surface area contributed by atoms with E-state index < -0.39 is 0 Å². The molecule has 24 heavy (non-hydrogen) atoms. The summed E-state index contributed by atoms with van der Waals surface area (Å²) in [5, 5.41) is 11.5. The zero-order valence-electron chi connectivity index (χ0n) is 14.5. The molecule has 0 radical (unpaired) electrons. The van der Waals surface area contributed by atoms with Crippen LogP contribution < -0.4 is 19.5 Å². The van der Waals surface area contributed by atoms with Crippen molar-refractivity contribution in [1.29, 1.82) is 0 Å². The number of nitrogens with one attached hydrogen (secondary N) is 1. The van der Waals surface area contributed by atoms with Crippen molar-refractivity contribution in [2.75, 3.05) is 12.4 Å². The lowest BCUT2D eigenvalue weighted by Gasteiger charge is -2.13. The topological polar surface area (TPSA) is 65.5 Å². The van der Waals surface area contributed by atoms with Gasteiger partial charge in [0.2, 0.25) is 5.88 Å². The molecule has 0 amide bonds. The third-order valence-electron chi connectivity index (χ3n) is 3.73. The number of rotatable bonds is 6. The van der Waals surface area contributed by atoms with E-state index in [0.717, 1.165) is 23.5 Å². The van der Waals surface area contributed by atoms with Crippen molar-refractivity contribution in [3.63, 3.8) is 0 Å². The average molecular weight is 329 g/mol. The van der Waals surface area contributed by atoms with Gasteiger partial charge in [-0.3, -0.25) is 0 Å². The van der Waals surface area contributed by atoms with Crippen LogP contribution in [0.5, 0.6) is 17.4 Å². The summed E-state index contributed by atoms with van der Waals surface area (Å²) in [5.74, 6) is 3.00. The zero-order valence-corrected chi connectivity index (χ0v) is 14.5. The van der Waals surface area contributed by atoms with E-state index in [-0.39, 0.29) is 12.2 Å². The molecule has 0 saturated heterocycles. The largest absolute Gasteiger partial charge is 0.497 e. The Morgan fingerprint density at radius 2 is 2.12 bits per heavy atom. The van der Waals surface area contributed by atoms with Crippen LogP contribution in [0.1, 0.15) is 31.9 Å². The molecule has 2 heterocycles. The fraction of sp³-hybridized carbons (Fsp3) is 0.444. The molecule has 1 atom stereocenters. The summed E-state index contributed by atoms with van der Waals surface area (Å²) in [5.41, 5.74) is 2.24. The lowest BCUT2D eigenvalue weighted by Crippen LogP contribution is -2.09. The molecule has 1 aromatic heterocycles. The Kier molecular flexibility index (Phi) is 4.74. The van der Waals surface area contributed by atoms with E-state index in [1.807, 2.05) is 38.1 Å². The van der Waals surface area contributed by atoms with Crippen LogP contribution in [0.3, 0.4) is 0 Å². The molecule has 6 nitrogen and oxygen atoms in total. The van der Waals surface area contributed by atoms with Crippen LogP contribution in [0.25, 0.3) is 0 Å². The SMILES string of the molecule is COc1cc(CNc2ccc(OC(C)C)nn2)c2c(c1)CC(C)O2. The van der Waals surface area contributed by atoms with Gasteiger partial charge in [-0.05, 0) is 39.0 Å². The number of hydrogen-bond donors (Lipinski definition) is 1. The fourth-order valence-corrected chi connectivity index (χ4v) is 2.73. The monoisotopic (exact) mass is 329 g/mol. The van der Waals surface area contributed by atoms with Crippen LogP contribution in [-0.2, 0) is 13.0 Å². The molecule has 1 N–H and O–H groups in total. The number of ether oxygens (including phenoxy) is 3. The Hall–Kier alpha value is -2.50. The van der Waals surface area contributed by atoms with Crippen molar-refractivity contribution < 1.29 is 14.2 Å². The van der Waals surface area contributed by atoms with Gasteiger partial charge >= 0.3 is 0 Å². The van der Waals surface area contributed by atoms with Gasteiger partial charge in [0.05, 0.1) is 13.2 Å². The van der Waals surface area contributed by atoms with E-state index in [1.54, 1.807) is 7.11 Å². The van der Waals surface area contributed by atoms with Gasteiger partial charge in [0.25, 0.3) is 0 Å². The Balaban J connectivity index is 1.72. The quantitative estimate of drug-likeness (QED) is 0.878. The molecule has 1 unspecified atom stereocenters. The van der Waals surface area contributed by atoms with Crippen molar-refractivity contribution >= 4 is 5.82 Å². The standard InChI is InChI=1S/C18H23N3O3/c1-11(2)23-17-6-5-16(20-21-17)19-10-14-9-15(22-4)8-13-7-12(3)24-18(13)14/h5-6,8-9,11-12H,7,10H2,1-4H3,(H,19,20). The van der Waals surface area contributed by atoms with Crippen molar-refractivity contribution in [2.24, 2.45) is 0 Å². The molecule has 3 rings (SSSR count). The van der Waals surface area contributed by atoms with E-state index >= 15 is 0 Å². The highest BCUT2D eigenvalue weighted by Gasteiger charge is 2.23. The highest BCUT2D eigenvalue weighted by atomic mass is 16.5. The summed E-state index contributed by atoms with van der Waals surface area (Å²) in [6, 6.07) is 7.70. The maximum atomic E-state index is 5.94. The van der Waals surface area contributed by atoms with Gasteiger partial charge in [-0.2, -0.15) is 0 Å². The fourth-order valence-electron chi connectivity index (χ4n) is 2.73. The molecule has 6 heteroatoms. The van der Waals surface area contributed by atoms with Gasteiger partial charge in [0, 0.05) is 30.2 Å². The maximum Gasteiger partial charge on any atom is 0.233 e. The first-order valence-corrected chi connectivity index (χ1v) is 8.16. The highest BCUT2D eigenvalue weighted by molar-refractivity contribution is 5.51. The van der Waals surface area contributed by atoms with Crippen molar-refractivity contribution in [3.8, 4) is 17.4 Å². The number of aromatic nitrogens is 2. The molecule has 2 aromatic rings. The number of benzene rings is 1. The van der Waals surface area contributed by atoms with Gasteiger partial charge in [-0.1, -0.05) is 0 Å². The average Bonchev–Trinajstić information content (AvgIpc) is 2.93. The van der Waals surface area contributed by atoms with Crippen LogP contribution in [0, 0.1) is 0 Å². The summed E-state index contributed by atoms with van der Waals surface area (Å²) < 4.78 is 16.8. The molecule has 0 spiro atoms. The zero-order chi connectivity index (χ0) is 17.1. The number of hydrogen-bond acceptors (Lipinski definition) is 6. The van der Waals surface area contributed by atoms with E-state index in [2.05, 4.69) is 22.4 Å². The minimum atomic E-state index is 0.0802. The van der Waals surface area contributed by atoms with Gasteiger partial charge in [-0.15, -0.1) is 10.2 Å². The van der Waals surface area contributed by atoms with Crippen molar-refractivity contribution in [1.82, 2.24) is 10.2 Å². The summed E-state index contributed by atoms with van der Waals surface area (Å²) in [6.45, 7) is 6.57. The van der Waals surface area contributed by atoms with E-state index in [9.17, 15) is 0 Å². The Morgan fingerprint density at radius 1 is 1.29 bits per heavy atom. The lowest BCUT2D eigenvalue weighted by atomic mass is 10.1. The smallest absolute Gasteiger partial charge is 0.233 e. The van der Waals surface area contributed by atoms with Gasteiger partial charge in [0.15, 0.2) is 0 Å². The van der Waals surface area contributed by atoms with Crippen molar-refractivity contribution in [2.45, 2.75) is 45.9 Å². The molecule has 1 aromatic carbocycles. The number of nitrogens with zero attached hydrogens (tertiary/aromatic N) is 2. The molecule has 0 fully saturated rings. The Labute approximate surface area is 142 Å². The van der Waals surface area contributed by atoms with Crippen molar-refractivity contribution in [3.05, 3.63) is 35.4 Å². The lowest BCUT2D eigenvalue weighted by molar-refractivity contribution is 0.230. The van der Waals surface area contributed by atoms with Gasteiger partial charge in [0.1, 0.15) is 23.4 Å². The predicted octanol–water partition coefficient (Wildman–Crippen LogP) is 3.21. The second-order valence-corrected chi connectivity index (χ2v) is 6.18. The maximum absolute atomic E-state index is 5.94. The Bertz CT molecular complexity index is 701. The second-order valence-electron chi connectivity index (χ2n) is 6.18. The second kappa shape index (κ2) is 6.95. The van der Waals surface area contributed by atoms with Crippen LogP contribution in [0.4, 0.5) is 5.82 Å². The summed E-state index contributed by atoms with van der Waals surface area (Å²) in [4.78, 5) is 0. The minimum absolute atomic E-state index is 0.0802. The molecular formula is C18H23N3O3. The van der Waals surface area contributed by atoms with Crippen LogP contribution in [0.15, 0.2) is 24.3 Å². The van der Waals surface area contributed by atoms with Gasteiger partial charge < -0.3 is 19.5 Å². The summed E-state index contributed by atoms with van der Waals surface area (Å²) in [7, 11) is 1.68. The van der Waals surface area contributed by atoms with Crippen LogP contribution in [0.2, 0.25) is 0 Å². The third-order valence-corrected chi connectivity index (χ3v) is 3.73. The van der Waals surface area contributed by atoms with Crippen LogP contribution in [-0.4, -0.2) is 29.5 Å². The first kappa shape index (κ1) is 16.4. The van der Waals surface area contributed by atoms with Crippen LogP contribution >= 0.6 is 0 Å². The molecule has 1 aliphatic rings. The van der Waals surface area contributed by atoms with E-state index in [0.29, 0.717) is 18.2 Å². The number of fused-ring (bicyclic) bond motifs is 1. The first-order valence-electron chi connectivity index (χ1n) is 8.16. The molecule has 0 bridgehead atoms. The normalized spacial score (nSPS) is 15.8. The summed E-state index contributed by atoms with van der Waals surface area (Å²) >= 11 is 0. The third kappa shape index (κ3) is 3.69. The van der Waals surface area contributed by atoms with Gasteiger partial charge in [-0.25, -0.2) is 0 Å². The van der Waals surface area contributed by atoms with E-state index in [1.165, 1.54) is 5.56 Å². The van der Waals surface area contributed by atoms with E-state index in [4.69, 9.17) is 14.2 Å². The first-order chi connectivity index (χ1) is 11.5. The minimum Gasteiger partial charge on any atom is -0.497 e. The highest BCUT2D eigenvalue weighted by Crippen LogP contribution is 2.36. The number of methoxy groups -OCH3 is 1. The number of anilines is 1. The molecule has 0 aliphatic carbocycles. The Morgan fingerprint density at radius 3 is 2.79 bits per heavy atom. The summed E-state index contributed by atoms with van der Waals surface area (Å²) in [6.07, 6.45) is 1.18. The predicted molar refractivity (Wildman–Crippen MR) is 91.9 cm³/mol.